The molecule has 2 nitrogen and oxygen atoms in total. The number of hydrogen-bond acceptors (Lipinski definition) is 2. The Bertz CT molecular complexity index is 323. The molecule has 6 heteroatoms. The summed E-state index contributed by atoms with van der Waals surface area (Å²) >= 11 is 0. The van der Waals surface area contributed by atoms with Gasteiger partial charge in [-0.25, -0.2) is 4.39 Å². The van der Waals surface area contributed by atoms with Gasteiger partial charge in [-0.1, -0.05) is 12.1 Å². The molecule has 0 fully saturated rings. The van der Waals surface area contributed by atoms with Gasteiger partial charge >= 0.3 is 6.36 Å². The predicted octanol–water partition coefficient (Wildman–Crippen LogP) is 2.42. The molecule has 0 aromatic heterocycles. The van der Waals surface area contributed by atoms with Gasteiger partial charge in [-0.2, -0.15) is 0 Å². The minimum absolute atomic E-state index is 0.0861. The Morgan fingerprint density at radius 3 is 2.19 bits per heavy atom. The SMILES string of the molecule is NCC(F)Cc1ccc(OC(F)(F)F)cc1. The summed E-state index contributed by atoms with van der Waals surface area (Å²) < 4.78 is 51.9. The van der Waals surface area contributed by atoms with Gasteiger partial charge in [-0.05, 0) is 17.7 Å². The maximum Gasteiger partial charge on any atom is 0.573 e. The summed E-state index contributed by atoms with van der Waals surface area (Å²) in [7, 11) is 0. The molecule has 0 bridgehead atoms. The third-order valence-corrected chi connectivity index (χ3v) is 1.87. The van der Waals surface area contributed by atoms with Gasteiger partial charge in [0.25, 0.3) is 0 Å². The second-order valence-electron chi connectivity index (χ2n) is 3.23. The molecule has 0 saturated carbocycles. The lowest BCUT2D eigenvalue weighted by Gasteiger charge is -2.10. The zero-order chi connectivity index (χ0) is 12.2. The first-order valence-electron chi connectivity index (χ1n) is 4.59. The Kier molecular flexibility index (Phi) is 4.12. The summed E-state index contributed by atoms with van der Waals surface area (Å²) in [5.74, 6) is -0.320. The van der Waals surface area contributed by atoms with E-state index in [2.05, 4.69) is 4.74 Å². The van der Waals surface area contributed by atoms with Crippen molar-refractivity contribution in [2.75, 3.05) is 6.54 Å². The van der Waals surface area contributed by atoms with Crippen LogP contribution in [0, 0.1) is 0 Å². The van der Waals surface area contributed by atoms with Crippen molar-refractivity contribution in [3.05, 3.63) is 29.8 Å². The van der Waals surface area contributed by atoms with E-state index in [0.717, 1.165) is 12.1 Å². The topological polar surface area (TPSA) is 35.2 Å². The maximum absolute atomic E-state index is 12.9. The molecule has 0 aliphatic carbocycles. The van der Waals surface area contributed by atoms with Gasteiger partial charge in [0.05, 0.1) is 0 Å². The maximum atomic E-state index is 12.9. The minimum atomic E-state index is -4.71. The predicted molar refractivity (Wildman–Crippen MR) is 50.8 cm³/mol. The summed E-state index contributed by atoms with van der Waals surface area (Å²) in [5, 5.41) is 0. The summed E-state index contributed by atoms with van der Waals surface area (Å²) in [5.41, 5.74) is 5.66. The molecule has 0 heterocycles. The lowest BCUT2D eigenvalue weighted by Crippen LogP contribution is -2.18. The smallest absolute Gasteiger partial charge is 0.406 e. The molecule has 16 heavy (non-hydrogen) atoms. The standard InChI is InChI=1S/C10H11F4NO/c11-8(6-15)5-7-1-3-9(4-2-7)16-10(12,13)14/h1-4,8H,5-6,15H2. The van der Waals surface area contributed by atoms with Gasteiger partial charge in [0.1, 0.15) is 11.9 Å². The Balaban J connectivity index is 2.61. The van der Waals surface area contributed by atoms with E-state index in [9.17, 15) is 17.6 Å². The molecule has 0 aliphatic rings. The lowest BCUT2D eigenvalue weighted by molar-refractivity contribution is -0.274. The van der Waals surface area contributed by atoms with Crippen molar-refractivity contribution in [3.63, 3.8) is 0 Å². The van der Waals surface area contributed by atoms with Crippen LogP contribution in [0.3, 0.4) is 0 Å². The van der Waals surface area contributed by atoms with Crippen LogP contribution in [-0.2, 0) is 6.42 Å². The number of nitrogens with two attached hydrogens (primary N) is 1. The Morgan fingerprint density at radius 2 is 1.75 bits per heavy atom. The van der Waals surface area contributed by atoms with Gasteiger partial charge in [0, 0.05) is 13.0 Å². The van der Waals surface area contributed by atoms with E-state index in [4.69, 9.17) is 5.73 Å². The number of hydrogen-bond donors (Lipinski definition) is 1. The van der Waals surface area contributed by atoms with Gasteiger partial charge in [-0.15, -0.1) is 13.2 Å². The summed E-state index contributed by atoms with van der Waals surface area (Å²) in [6.45, 7) is -0.110. The molecule has 0 aliphatic heterocycles. The number of benzene rings is 1. The van der Waals surface area contributed by atoms with Crippen LogP contribution in [0.15, 0.2) is 24.3 Å². The van der Waals surface area contributed by atoms with E-state index >= 15 is 0 Å². The van der Waals surface area contributed by atoms with E-state index in [1.807, 2.05) is 0 Å². The van der Waals surface area contributed by atoms with Crippen molar-refractivity contribution >= 4 is 0 Å². The molecule has 0 amide bonds. The number of alkyl halides is 4. The highest BCUT2D eigenvalue weighted by Gasteiger charge is 2.30. The van der Waals surface area contributed by atoms with Crippen LogP contribution in [0.2, 0.25) is 0 Å². The van der Waals surface area contributed by atoms with Crippen molar-refractivity contribution in [3.8, 4) is 5.75 Å². The van der Waals surface area contributed by atoms with Crippen LogP contribution in [0.25, 0.3) is 0 Å². The fourth-order valence-electron chi connectivity index (χ4n) is 1.17. The molecule has 1 aromatic rings. The van der Waals surface area contributed by atoms with E-state index in [0.29, 0.717) is 5.56 Å². The summed E-state index contributed by atoms with van der Waals surface area (Å²) in [6, 6.07) is 5.05. The molecule has 2 N–H and O–H groups in total. The summed E-state index contributed by atoms with van der Waals surface area (Å²) in [6.07, 6.45) is -5.81. The van der Waals surface area contributed by atoms with Crippen LogP contribution < -0.4 is 10.5 Å². The zero-order valence-electron chi connectivity index (χ0n) is 8.30. The Labute approximate surface area is 90.0 Å². The number of rotatable bonds is 4. The van der Waals surface area contributed by atoms with E-state index in [1.54, 1.807) is 0 Å². The Morgan fingerprint density at radius 1 is 1.19 bits per heavy atom. The quantitative estimate of drug-likeness (QED) is 0.816. The van der Waals surface area contributed by atoms with Crippen LogP contribution in [-0.4, -0.2) is 19.1 Å². The second kappa shape index (κ2) is 5.16. The van der Waals surface area contributed by atoms with E-state index < -0.39 is 12.5 Å². The fourth-order valence-corrected chi connectivity index (χ4v) is 1.17. The van der Waals surface area contributed by atoms with Crippen LogP contribution >= 0.6 is 0 Å². The molecule has 1 unspecified atom stereocenters. The van der Waals surface area contributed by atoms with Gasteiger partial charge in [-0.3, -0.25) is 0 Å². The molecule has 90 valence electrons. The van der Waals surface area contributed by atoms with E-state index in [-0.39, 0.29) is 18.7 Å². The van der Waals surface area contributed by atoms with Crippen molar-refractivity contribution in [2.24, 2.45) is 5.73 Å². The largest absolute Gasteiger partial charge is 0.573 e. The van der Waals surface area contributed by atoms with Crippen LogP contribution in [0.5, 0.6) is 5.75 Å². The van der Waals surface area contributed by atoms with Crippen molar-refractivity contribution < 1.29 is 22.3 Å². The van der Waals surface area contributed by atoms with Crippen LogP contribution in [0.4, 0.5) is 17.6 Å². The monoisotopic (exact) mass is 237 g/mol. The molecule has 1 aromatic carbocycles. The zero-order valence-corrected chi connectivity index (χ0v) is 8.30. The number of ether oxygens (including phenoxy) is 1. The molecule has 0 radical (unpaired) electrons. The van der Waals surface area contributed by atoms with Crippen molar-refractivity contribution in [1.29, 1.82) is 0 Å². The van der Waals surface area contributed by atoms with Crippen molar-refractivity contribution in [2.45, 2.75) is 19.0 Å². The third kappa shape index (κ3) is 4.48. The average molecular weight is 237 g/mol. The van der Waals surface area contributed by atoms with Gasteiger partial charge in [0.2, 0.25) is 0 Å². The molecular weight excluding hydrogens is 226 g/mol. The van der Waals surface area contributed by atoms with E-state index in [1.165, 1.54) is 12.1 Å². The normalized spacial score (nSPS) is 13.6. The average Bonchev–Trinajstić information content (AvgIpc) is 2.18. The molecule has 1 rings (SSSR count). The minimum Gasteiger partial charge on any atom is -0.406 e. The number of halogens is 4. The fraction of sp³-hybridized carbons (Fsp3) is 0.400. The molecule has 0 spiro atoms. The molecule has 1 atom stereocenters. The van der Waals surface area contributed by atoms with Gasteiger partial charge in [0.15, 0.2) is 0 Å². The first-order valence-corrected chi connectivity index (χ1v) is 4.59. The third-order valence-electron chi connectivity index (χ3n) is 1.87. The highest BCUT2D eigenvalue weighted by molar-refractivity contribution is 5.27. The highest BCUT2D eigenvalue weighted by Crippen LogP contribution is 2.23. The molecule has 0 saturated heterocycles. The summed E-state index contributed by atoms with van der Waals surface area (Å²) in [4.78, 5) is 0. The Hall–Kier alpha value is -1.30. The first-order chi connectivity index (χ1) is 7.40. The molecular formula is C10H11F4NO. The highest BCUT2D eigenvalue weighted by atomic mass is 19.4. The lowest BCUT2D eigenvalue weighted by atomic mass is 10.1. The van der Waals surface area contributed by atoms with Crippen LogP contribution in [0.1, 0.15) is 5.56 Å². The first kappa shape index (κ1) is 12.8. The second-order valence-corrected chi connectivity index (χ2v) is 3.23. The van der Waals surface area contributed by atoms with Crippen molar-refractivity contribution in [1.82, 2.24) is 0 Å². The van der Waals surface area contributed by atoms with Gasteiger partial charge < -0.3 is 10.5 Å².